The quantitative estimate of drug-likeness (QED) is 0.671. The first-order valence-corrected chi connectivity index (χ1v) is 7.27. The van der Waals surface area contributed by atoms with Gasteiger partial charge >= 0.3 is 5.97 Å². The average Bonchev–Trinajstić information content (AvgIpc) is 2.75. The van der Waals surface area contributed by atoms with Crippen LogP contribution >= 0.6 is 34.5 Å². The highest BCUT2D eigenvalue weighted by Gasteiger charge is 2.22. The van der Waals surface area contributed by atoms with E-state index in [1.54, 1.807) is 26.0 Å². The van der Waals surface area contributed by atoms with Gasteiger partial charge in [-0.3, -0.25) is 9.78 Å². The Balaban J connectivity index is 2.53. The molecule has 1 aromatic carbocycles. The summed E-state index contributed by atoms with van der Waals surface area (Å²) in [4.78, 5) is 20.8. The molecule has 0 radical (unpaired) electrons. The highest BCUT2D eigenvalue weighted by Crippen LogP contribution is 2.44. The van der Waals surface area contributed by atoms with Crippen LogP contribution in [-0.4, -0.2) is 11.1 Å². The highest BCUT2D eigenvalue weighted by molar-refractivity contribution is 7.20. The SMILES string of the molecule is CC(=O)OOc1cc2cc(C(C)(C)O)sc2c(Cl)c1Cl. The third-order valence-corrected chi connectivity index (χ3v) is 4.95. The first kappa shape index (κ1) is 15.4. The van der Waals surface area contributed by atoms with Crippen LogP contribution in [0.4, 0.5) is 0 Å². The molecule has 2 rings (SSSR count). The van der Waals surface area contributed by atoms with Gasteiger partial charge in [-0.05, 0) is 31.4 Å². The van der Waals surface area contributed by atoms with Gasteiger partial charge in [0.25, 0.3) is 0 Å². The minimum atomic E-state index is -0.976. The second-order valence-corrected chi connectivity index (χ2v) is 6.56. The summed E-state index contributed by atoms with van der Waals surface area (Å²) in [6.45, 7) is 4.58. The highest BCUT2D eigenvalue weighted by atomic mass is 35.5. The van der Waals surface area contributed by atoms with Crippen LogP contribution in [0.3, 0.4) is 0 Å². The summed E-state index contributed by atoms with van der Waals surface area (Å²) in [5.41, 5.74) is -0.976. The summed E-state index contributed by atoms with van der Waals surface area (Å²) in [6, 6.07) is 3.40. The van der Waals surface area contributed by atoms with Gasteiger partial charge in [-0.25, -0.2) is 4.79 Å². The van der Waals surface area contributed by atoms with E-state index in [-0.39, 0.29) is 10.8 Å². The molecule has 0 fully saturated rings. The molecule has 0 atom stereocenters. The monoisotopic (exact) mass is 334 g/mol. The van der Waals surface area contributed by atoms with Crippen molar-refractivity contribution in [1.82, 2.24) is 0 Å². The van der Waals surface area contributed by atoms with Crippen LogP contribution in [0.5, 0.6) is 5.75 Å². The van der Waals surface area contributed by atoms with Crippen LogP contribution in [0.1, 0.15) is 25.6 Å². The lowest BCUT2D eigenvalue weighted by Gasteiger charge is -2.13. The fourth-order valence-corrected chi connectivity index (χ4v) is 3.20. The minimum absolute atomic E-state index is 0.152. The van der Waals surface area contributed by atoms with Crippen LogP contribution in [0.25, 0.3) is 10.1 Å². The number of carbonyl (C=O) groups is 1. The van der Waals surface area contributed by atoms with Crippen molar-refractivity contribution in [2.75, 3.05) is 0 Å². The second-order valence-electron chi connectivity index (χ2n) is 4.75. The Morgan fingerprint density at radius 2 is 1.95 bits per heavy atom. The summed E-state index contributed by atoms with van der Waals surface area (Å²) in [6.07, 6.45) is 0. The van der Waals surface area contributed by atoms with E-state index >= 15 is 0 Å². The van der Waals surface area contributed by atoms with Gasteiger partial charge in [-0.2, -0.15) is 0 Å². The average molecular weight is 335 g/mol. The number of carbonyl (C=O) groups excluding carboxylic acids is 1. The Labute approximate surface area is 129 Å². The predicted molar refractivity (Wildman–Crippen MR) is 79.5 cm³/mol. The minimum Gasteiger partial charge on any atom is -0.385 e. The summed E-state index contributed by atoms with van der Waals surface area (Å²) in [5.74, 6) is -0.445. The summed E-state index contributed by atoms with van der Waals surface area (Å²) >= 11 is 13.6. The van der Waals surface area contributed by atoms with Crippen molar-refractivity contribution in [1.29, 1.82) is 0 Å². The molecule has 0 bridgehead atoms. The van der Waals surface area contributed by atoms with Gasteiger partial charge in [-0.1, -0.05) is 23.2 Å². The van der Waals surface area contributed by atoms with E-state index in [4.69, 9.17) is 28.1 Å². The Bertz CT molecular complexity index is 673. The van der Waals surface area contributed by atoms with Crippen LogP contribution < -0.4 is 4.89 Å². The Morgan fingerprint density at radius 3 is 2.50 bits per heavy atom. The van der Waals surface area contributed by atoms with Crippen molar-refractivity contribution in [3.05, 3.63) is 27.1 Å². The Kier molecular flexibility index (Phi) is 4.16. The first-order valence-electron chi connectivity index (χ1n) is 5.69. The van der Waals surface area contributed by atoms with Crippen molar-refractivity contribution in [3.8, 4) is 5.75 Å². The Morgan fingerprint density at radius 1 is 1.30 bits per heavy atom. The van der Waals surface area contributed by atoms with E-state index in [9.17, 15) is 9.90 Å². The molecule has 1 heterocycles. The summed E-state index contributed by atoms with van der Waals surface area (Å²) in [7, 11) is 0. The van der Waals surface area contributed by atoms with Crippen LogP contribution in [0, 0.1) is 0 Å². The number of halogens is 2. The number of rotatable bonds is 3. The molecule has 0 aliphatic carbocycles. The molecule has 108 valence electrons. The number of thiophene rings is 1. The standard InChI is InChI=1S/C13H12Cl2O4S/c1-6(16)18-19-8-4-7-5-9(13(2,3)17)20-12(7)11(15)10(8)14/h4-5,17H,1-3H3. The van der Waals surface area contributed by atoms with Crippen molar-refractivity contribution in [3.63, 3.8) is 0 Å². The van der Waals surface area contributed by atoms with Crippen molar-refractivity contribution >= 4 is 50.6 Å². The van der Waals surface area contributed by atoms with Gasteiger partial charge in [0.2, 0.25) is 0 Å². The van der Waals surface area contributed by atoms with E-state index in [1.807, 2.05) is 0 Å². The maximum atomic E-state index is 10.8. The summed E-state index contributed by atoms with van der Waals surface area (Å²) in [5, 5.41) is 11.2. The number of hydrogen-bond acceptors (Lipinski definition) is 5. The Hall–Kier alpha value is -1.01. The molecular weight excluding hydrogens is 323 g/mol. The first-order chi connectivity index (χ1) is 9.20. The van der Waals surface area contributed by atoms with E-state index in [0.29, 0.717) is 5.02 Å². The molecule has 0 amide bonds. The zero-order valence-corrected chi connectivity index (χ0v) is 13.3. The molecule has 20 heavy (non-hydrogen) atoms. The van der Waals surface area contributed by atoms with E-state index in [0.717, 1.165) is 15.0 Å². The molecule has 0 spiro atoms. The number of hydrogen-bond donors (Lipinski definition) is 1. The number of benzene rings is 1. The fourth-order valence-electron chi connectivity index (χ4n) is 1.56. The number of aliphatic hydroxyl groups is 1. The summed E-state index contributed by atoms with van der Waals surface area (Å²) < 4.78 is 0.740. The largest absolute Gasteiger partial charge is 0.385 e. The topological polar surface area (TPSA) is 55.8 Å². The van der Waals surface area contributed by atoms with Gasteiger partial charge in [0, 0.05) is 11.8 Å². The van der Waals surface area contributed by atoms with Gasteiger partial charge < -0.3 is 5.11 Å². The molecule has 0 aliphatic heterocycles. The lowest BCUT2D eigenvalue weighted by atomic mass is 10.1. The van der Waals surface area contributed by atoms with E-state index in [2.05, 4.69) is 4.89 Å². The maximum Gasteiger partial charge on any atom is 0.352 e. The van der Waals surface area contributed by atoms with Gasteiger partial charge in [-0.15, -0.1) is 11.3 Å². The third-order valence-electron chi connectivity index (χ3n) is 2.51. The fraction of sp³-hybridized carbons (Fsp3) is 0.308. The molecule has 0 saturated carbocycles. The zero-order valence-electron chi connectivity index (χ0n) is 11.0. The van der Waals surface area contributed by atoms with Crippen LogP contribution in [0.2, 0.25) is 10.0 Å². The van der Waals surface area contributed by atoms with Crippen molar-refractivity contribution in [2.45, 2.75) is 26.4 Å². The van der Waals surface area contributed by atoms with E-state index in [1.165, 1.54) is 18.3 Å². The molecule has 2 aromatic rings. The normalized spacial score (nSPS) is 11.7. The molecule has 1 N–H and O–H groups in total. The zero-order chi connectivity index (χ0) is 15.1. The number of fused-ring (bicyclic) bond motifs is 1. The molecule has 1 aromatic heterocycles. The second kappa shape index (κ2) is 5.41. The van der Waals surface area contributed by atoms with Crippen molar-refractivity contribution < 1.29 is 19.7 Å². The lowest BCUT2D eigenvalue weighted by molar-refractivity contribution is -0.210. The predicted octanol–water partition coefficient (Wildman–Crippen LogP) is 4.29. The van der Waals surface area contributed by atoms with Crippen molar-refractivity contribution in [2.24, 2.45) is 0 Å². The molecular formula is C13H12Cl2O4S. The molecule has 4 nitrogen and oxygen atoms in total. The molecule has 0 saturated heterocycles. The van der Waals surface area contributed by atoms with E-state index < -0.39 is 11.6 Å². The van der Waals surface area contributed by atoms with Gasteiger partial charge in [0.05, 0.1) is 15.3 Å². The third kappa shape index (κ3) is 3.01. The van der Waals surface area contributed by atoms with Crippen LogP contribution in [-0.2, 0) is 15.3 Å². The molecule has 0 aliphatic rings. The maximum absolute atomic E-state index is 10.8. The van der Waals surface area contributed by atoms with Crippen LogP contribution in [0.15, 0.2) is 12.1 Å². The van der Waals surface area contributed by atoms with Gasteiger partial charge in [0.15, 0.2) is 5.75 Å². The molecule has 7 heteroatoms. The molecule has 0 unspecified atom stereocenters. The lowest BCUT2D eigenvalue weighted by Crippen LogP contribution is -2.12. The van der Waals surface area contributed by atoms with Gasteiger partial charge in [0.1, 0.15) is 5.02 Å². The smallest absolute Gasteiger partial charge is 0.352 e.